The Morgan fingerprint density at radius 2 is 1.95 bits per heavy atom. The number of nitrogens with zero attached hydrogens (tertiary/aromatic N) is 2. The van der Waals surface area contributed by atoms with Crippen molar-refractivity contribution in [3.05, 3.63) is 41.3 Å². The van der Waals surface area contributed by atoms with Gasteiger partial charge in [-0.05, 0) is 24.5 Å². The molecule has 0 bridgehead atoms. The van der Waals surface area contributed by atoms with E-state index in [1.54, 1.807) is 12.1 Å². The molecule has 1 aliphatic carbocycles. The molecule has 0 unspecified atom stereocenters. The van der Waals surface area contributed by atoms with E-state index in [9.17, 15) is 10.1 Å². The fourth-order valence-electron chi connectivity index (χ4n) is 2.30. The molecule has 116 valence electrons. The molecule has 0 amide bonds. The topological polar surface area (TPSA) is 64.8 Å². The van der Waals surface area contributed by atoms with Gasteiger partial charge in [0, 0.05) is 30.9 Å². The van der Waals surface area contributed by atoms with Crippen molar-refractivity contribution in [3.8, 4) is 0 Å². The van der Waals surface area contributed by atoms with E-state index >= 15 is 0 Å². The van der Waals surface area contributed by atoms with Gasteiger partial charge in [0.2, 0.25) is 0 Å². The molecule has 3 rings (SSSR count). The van der Waals surface area contributed by atoms with Crippen LogP contribution in [0.4, 0.5) is 11.4 Å². The number of nitro groups is 1. The number of benzene rings is 1. The Morgan fingerprint density at radius 3 is 2.55 bits per heavy atom. The normalized spacial score (nSPS) is 17.4. The van der Waals surface area contributed by atoms with Crippen LogP contribution >= 0.6 is 0 Å². The van der Waals surface area contributed by atoms with Crippen molar-refractivity contribution < 1.29 is 44.0 Å². The number of ether oxygens (including phenoxy) is 2. The first kappa shape index (κ1) is 19.4. The third-order valence-electron chi connectivity index (χ3n) is 3.56. The molecule has 22 heavy (non-hydrogen) atoms. The Bertz CT molecular complexity index is 502. The number of non-ortho nitro benzene ring substituents is 1. The van der Waals surface area contributed by atoms with Gasteiger partial charge in [-0.2, -0.15) is 0 Å². The van der Waals surface area contributed by atoms with Gasteiger partial charge in [-0.3, -0.25) is 10.1 Å². The molecule has 1 saturated carbocycles. The summed E-state index contributed by atoms with van der Waals surface area (Å²) in [4.78, 5) is 12.8. The standard InChI is InChI=1S/C14H18N2O4.CH3.Na/c17-16(18)13-8-11(10-20-14-1-2-14)7-12(9-13)15-3-5-19-6-4-15;;/h7-9,14H,1-6,10H2;1H3;/q;-1;+1. The second-order valence-electron chi connectivity index (χ2n) is 5.22. The van der Waals surface area contributed by atoms with E-state index in [4.69, 9.17) is 9.47 Å². The summed E-state index contributed by atoms with van der Waals surface area (Å²) in [6, 6.07) is 5.22. The second-order valence-corrected chi connectivity index (χ2v) is 5.22. The van der Waals surface area contributed by atoms with Gasteiger partial charge < -0.3 is 21.8 Å². The van der Waals surface area contributed by atoms with Crippen LogP contribution in [0.25, 0.3) is 0 Å². The Hall–Kier alpha value is -0.660. The Morgan fingerprint density at radius 1 is 1.27 bits per heavy atom. The fourth-order valence-corrected chi connectivity index (χ4v) is 2.30. The largest absolute Gasteiger partial charge is 1.00 e. The molecule has 1 aromatic carbocycles. The first-order valence-electron chi connectivity index (χ1n) is 6.95. The molecule has 0 atom stereocenters. The van der Waals surface area contributed by atoms with Gasteiger partial charge in [-0.15, -0.1) is 0 Å². The third-order valence-corrected chi connectivity index (χ3v) is 3.56. The van der Waals surface area contributed by atoms with Gasteiger partial charge in [0.25, 0.3) is 5.69 Å². The van der Waals surface area contributed by atoms with Crippen LogP contribution in [0.5, 0.6) is 0 Å². The number of rotatable bonds is 5. The number of morpholine rings is 1. The van der Waals surface area contributed by atoms with Crippen molar-refractivity contribution >= 4 is 11.4 Å². The SMILES string of the molecule is O=[N+]([O-])c1cc(COC2CC2)cc(N2CCOCC2)c1.[CH3-].[Na+]. The van der Waals surface area contributed by atoms with Gasteiger partial charge >= 0.3 is 29.6 Å². The minimum absolute atomic E-state index is 0. The van der Waals surface area contributed by atoms with E-state index in [0.717, 1.165) is 37.2 Å². The molecule has 0 aromatic heterocycles. The van der Waals surface area contributed by atoms with Crippen molar-refractivity contribution in [1.29, 1.82) is 0 Å². The number of nitro benzene ring substituents is 1. The fraction of sp³-hybridized carbons (Fsp3) is 0.533. The Balaban J connectivity index is 0.00000121. The monoisotopic (exact) mass is 316 g/mol. The van der Waals surface area contributed by atoms with E-state index in [-0.39, 0.29) is 47.6 Å². The molecule has 7 heteroatoms. The van der Waals surface area contributed by atoms with Crippen molar-refractivity contribution in [3.63, 3.8) is 0 Å². The zero-order valence-electron chi connectivity index (χ0n) is 13.3. The number of hydrogen-bond acceptors (Lipinski definition) is 5. The quantitative estimate of drug-likeness (QED) is 0.319. The van der Waals surface area contributed by atoms with Crippen molar-refractivity contribution in [1.82, 2.24) is 0 Å². The molecular formula is C15H21N2NaO4. The average Bonchev–Trinajstić information content (AvgIpc) is 3.30. The summed E-state index contributed by atoms with van der Waals surface area (Å²) >= 11 is 0. The Labute approximate surface area is 153 Å². The van der Waals surface area contributed by atoms with Crippen molar-refractivity contribution in [2.45, 2.75) is 25.6 Å². The maximum atomic E-state index is 11.1. The zero-order chi connectivity index (χ0) is 13.9. The maximum Gasteiger partial charge on any atom is 1.00 e. The minimum Gasteiger partial charge on any atom is -0.378 e. The summed E-state index contributed by atoms with van der Waals surface area (Å²) in [5, 5.41) is 11.1. The molecule has 1 saturated heterocycles. The van der Waals surface area contributed by atoms with Crippen LogP contribution < -0.4 is 34.5 Å². The molecular weight excluding hydrogens is 295 g/mol. The van der Waals surface area contributed by atoms with Crippen LogP contribution in [0.3, 0.4) is 0 Å². The van der Waals surface area contributed by atoms with Crippen LogP contribution in [-0.4, -0.2) is 37.3 Å². The van der Waals surface area contributed by atoms with Crippen LogP contribution in [0.15, 0.2) is 18.2 Å². The summed E-state index contributed by atoms with van der Waals surface area (Å²) in [6.07, 6.45) is 2.55. The van der Waals surface area contributed by atoms with Gasteiger partial charge in [-0.1, -0.05) is 0 Å². The van der Waals surface area contributed by atoms with Crippen LogP contribution in [0.2, 0.25) is 0 Å². The van der Waals surface area contributed by atoms with E-state index in [1.807, 2.05) is 6.07 Å². The zero-order valence-corrected chi connectivity index (χ0v) is 15.3. The first-order chi connectivity index (χ1) is 9.72. The summed E-state index contributed by atoms with van der Waals surface area (Å²) in [5.74, 6) is 0. The summed E-state index contributed by atoms with van der Waals surface area (Å²) < 4.78 is 11.0. The molecule has 1 aromatic rings. The van der Waals surface area contributed by atoms with Crippen LogP contribution in [-0.2, 0) is 16.1 Å². The summed E-state index contributed by atoms with van der Waals surface area (Å²) in [7, 11) is 0. The molecule has 2 aliphatic rings. The maximum absolute atomic E-state index is 11.1. The third kappa shape index (κ3) is 5.21. The van der Waals surface area contributed by atoms with Crippen molar-refractivity contribution in [2.24, 2.45) is 0 Å². The molecule has 1 aliphatic heterocycles. The molecule has 2 fully saturated rings. The smallest absolute Gasteiger partial charge is 0.378 e. The second kappa shape index (κ2) is 8.84. The predicted molar refractivity (Wildman–Crippen MR) is 80.4 cm³/mol. The molecule has 0 spiro atoms. The first-order valence-corrected chi connectivity index (χ1v) is 6.95. The predicted octanol–water partition coefficient (Wildman–Crippen LogP) is -0.435. The molecule has 0 N–H and O–H groups in total. The van der Waals surface area contributed by atoms with Crippen LogP contribution in [0.1, 0.15) is 18.4 Å². The van der Waals surface area contributed by atoms with Crippen molar-refractivity contribution in [2.75, 3.05) is 31.2 Å². The minimum atomic E-state index is -0.343. The summed E-state index contributed by atoms with van der Waals surface area (Å²) in [6.45, 7) is 3.31. The van der Waals surface area contributed by atoms with E-state index in [0.29, 0.717) is 25.9 Å². The number of hydrogen-bond donors (Lipinski definition) is 0. The van der Waals surface area contributed by atoms with Crippen LogP contribution in [0, 0.1) is 17.5 Å². The van der Waals surface area contributed by atoms with Gasteiger partial charge in [0.15, 0.2) is 0 Å². The average molecular weight is 316 g/mol. The van der Waals surface area contributed by atoms with Gasteiger partial charge in [0.1, 0.15) is 0 Å². The van der Waals surface area contributed by atoms with E-state index < -0.39 is 0 Å². The number of anilines is 1. The van der Waals surface area contributed by atoms with Gasteiger partial charge in [-0.25, -0.2) is 0 Å². The van der Waals surface area contributed by atoms with E-state index in [1.165, 1.54) is 0 Å². The molecule has 1 heterocycles. The Kier molecular flexibility index (Phi) is 7.79. The summed E-state index contributed by atoms with van der Waals surface area (Å²) in [5.41, 5.74) is 1.88. The van der Waals surface area contributed by atoms with Gasteiger partial charge in [0.05, 0.1) is 30.8 Å². The van der Waals surface area contributed by atoms with E-state index in [2.05, 4.69) is 4.90 Å². The molecule has 0 radical (unpaired) electrons. The molecule has 6 nitrogen and oxygen atoms in total.